The number of nitrogens with one attached hydrogen (secondary N) is 2. The fourth-order valence-corrected chi connectivity index (χ4v) is 1.95. The molecule has 108 valence electrons. The Labute approximate surface area is 124 Å². The molecule has 7 nitrogen and oxygen atoms in total. The second kappa shape index (κ2) is 7.15. The van der Waals surface area contributed by atoms with Crippen LogP contribution in [0.25, 0.3) is 0 Å². The summed E-state index contributed by atoms with van der Waals surface area (Å²) in [5, 5.41) is 9.00. The van der Waals surface area contributed by atoms with Gasteiger partial charge < -0.3 is 10.1 Å². The first-order valence-electron chi connectivity index (χ1n) is 5.94. The standard InChI is InChI=1S/C13H12N4O3S/c1-2-8-20-12(18)10-11(21-17-16-10)15-13(19)14-9-6-4-3-5-7-9/h2-7H,1,8H2,(H2,14,15,19). The largest absolute Gasteiger partial charge is 0.457 e. The van der Waals surface area contributed by atoms with Crippen molar-refractivity contribution in [2.24, 2.45) is 0 Å². The number of benzene rings is 1. The van der Waals surface area contributed by atoms with E-state index in [0.29, 0.717) is 5.69 Å². The first-order chi connectivity index (χ1) is 10.2. The lowest BCUT2D eigenvalue weighted by Crippen LogP contribution is -2.20. The molecule has 0 spiro atoms. The Hall–Kier alpha value is -2.74. The lowest BCUT2D eigenvalue weighted by molar-refractivity contribution is 0.0544. The Bertz CT molecular complexity index is 642. The van der Waals surface area contributed by atoms with Gasteiger partial charge in [-0.1, -0.05) is 35.3 Å². The molecule has 1 aromatic heterocycles. The fraction of sp³-hybridized carbons (Fsp3) is 0.0769. The second-order valence-corrected chi connectivity index (χ2v) is 4.54. The molecule has 2 aromatic rings. The summed E-state index contributed by atoms with van der Waals surface area (Å²) in [6, 6.07) is 8.41. The summed E-state index contributed by atoms with van der Waals surface area (Å²) in [4.78, 5) is 23.5. The van der Waals surface area contributed by atoms with E-state index in [0.717, 1.165) is 11.5 Å². The van der Waals surface area contributed by atoms with Crippen molar-refractivity contribution >= 4 is 34.2 Å². The quantitative estimate of drug-likeness (QED) is 0.654. The molecule has 8 heteroatoms. The fourth-order valence-electron chi connectivity index (χ4n) is 1.40. The summed E-state index contributed by atoms with van der Waals surface area (Å²) in [6.45, 7) is 3.50. The van der Waals surface area contributed by atoms with E-state index >= 15 is 0 Å². The van der Waals surface area contributed by atoms with Crippen LogP contribution in [-0.2, 0) is 4.74 Å². The van der Waals surface area contributed by atoms with Crippen molar-refractivity contribution in [3.63, 3.8) is 0 Å². The predicted octanol–water partition coefficient (Wildman–Crippen LogP) is 2.52. The minimum Gasteiger partial charge on any atom is -0.457 e. The Morgan fingerprint density at radius 1 is 1.29 bits per heavy atom. The first kappa shape index (κ1) is 14.7. The third-order valence-corrected chi connectivity index (χ3v) is 2.91. The number of carbonyl (C=O) groups excluding carboxylic acids is 2. The number of urea groups is 1. The van der Waals surface area contributed by atoms with Gasteiger partial charge in [0.15, 0.2) is 5.00 Å². The molecular weight excluding hydrogens is 292 g/mol. The molecule has 0 fully saturated rings. The number of anilines is 2. The molecule has 0 aliphatic rings. The summed E-state index contributed by atoms with van der Waals surface area (Å²) in [5.74, 6) is -0.668. The molecule has 21 heavy (non-hydrogen) atoms. The number of hydrogen-bond acceptors (Lipinski definition) is 6. The smallest absolute Gasteiger partial charge is 0.362 e. The average molecular weight is 304 g/mol. The average Bonchev–Trinajstić information content (AvgIpc) is 2.93. The minimum atomic E-state index is -0.668. The zero-order valence-electron chi connectivity index (χ0n) is 10.9. The number of hydrogen-bond donors (Lipinski definition) is 2. The monoisotopic (exact) mass is 304 g/mol. The van der Waals surface area contributed by atoms with Crippen LogP contribution >= 0.6 is 11.5 Å². The molecule has 0 saturated heterocycles. The van der Waals surface area contributed by atoms with Gasteiger partial charge in [0.1, 0.15) is 6.61 Å². The van der Waals surface area contributed by atoms with E-state index in [1.807, 2.05) is 6.07 Å². The first-order valence-corrected chi connectivity index (χ1v) is 6.71. The van der Waals surface area contributed by atoms with Crippen LogP contribution in [0.5, 0.6) is 0 Å². The zero-order chi connectivity index (χ0) is 15.1. The van der Waals surface area contributed by atoms with Gasteiger partial charge in [-0.2, -0.15) is 0 Å². The van der Waals surface area contributed by atoms with Crippen molar-refractivity contribution in [1.29, 1.82) is 0 Å². The molecule has 2 amide bonds. The highest BCUT2D eigenvalue weighted by Gasteiger charge is 2.19. The van der Waals surface area contributed by atoms with Crippen LogP contribution in [0, 0.1) is 0 Å². The van der Waals surface area contributed by atoms with Crippen molar-refractivity contribution in [3.05, 3.63) is 48.7 Å². The van der Waals surface area contributed by atoms with Crippen LogP contribution in [0.2, 0.25) is 0 Å². The van der Waals surface area contributed by atoms with Crippen LogP contribution in [0.3, 0.4) is 0 Å². The number of ether oxygens (including phenoxy) is 1. The SMILES string of the molecule is C=CCOC(=O)c1nnsc1NC(=O)Nc1ccccc1. The van der Waals surface area contributed by atoms with Gasteiger partial charge in [-0.15, -0.1) is 5.10 Å². The van der Waals surface area contributed by atoms with Gasteiger partial charge in [-0.25, -0.2) is 9.59 Å². The molecule has 0 radical (unpaired) electrons. The number of aromatic nitrogens is 2. The predicted molar refractivity (Wildman–Crippen MR) is 79.5 cm³/mol. The van der Waals surface area contributed by atoms with Crippen LogP contribution < -0.4 is 10.6 Å². The molecule has 0 unspecified atom stereocenters. The Morgan fingerprint density at radius 3 is 2.76 bits per heavy atom. The third kappa shape index (κ3) is 4.11. The summed E-state index contributed by atoms with van der Waals surface area (Å²) in [5.41, 5.74) is 0.591. The highest BCUT2D eigenvalue weighted by atomic mass is 32.1. The van der Waals surface area contributed by atoms with E-state index in [4.69, 9.17) is 4.74 Å². The highest BCUT2D eigenvalue weighted by Crippen LogP contribution is 2.19. The molecule has 1 aromatic carbocycles. The van der Waals surface area contributed by atoms with Gasteiger partial charge in [-0.3, -0.25) is 5.32 Å². The summed E-state index contributed by atoms with van der Waals surface area (Å²) < 4.78 is 8.49. The lowest BCUT2D eigenvalue weighted by Gasteiger charge is -2.06. The maximum Gasteiger partial charge on any atom is 0.362 e. The van der Waals surface area contributed by atoms with Crippen molar-refractivity contribution in [3.8, 4) is 0 Å². The minimum absolute atomic E-state index is 0.0370. The molecule has 0 aliphatic carbocycles. The molecule has 2 N–H and O–H groups in total. The van der Waals surface area contributed by atoms with Crippen molar-refractivity contribution in [2.75, 3.05) is 17.2 Å². The Morgan fingerprint density at radius 2 is 2.05 bits per heavy atom. The molecule has 0 bridgehead atoms. The van der Waals surface area contributed by atoms with E-state index < -0.39 is 12.0 Å². The molecule has 0 aliphatic heterocycles. The summed E-state index contributed by atoms with van der Waals surface area (Å²) in [7, 11) is 0. The number of para-hydroxylation sites is 1. The van der Waals surface area contributed by atoms with E-state index in [1.165, 1.54) is 6.08 Å². The lowest BCUT2D eigenvalue weighted by atomic mass is 10.3. The van der Waals surface area contributed by atoms with Crippen LogP contribution in [0.15, 0.2) is 43.0 Å². The van der Waals surface area contributed by atoms with Gasteiger partial charge in [0, 0.05) is 17.2 Å². The van der Waals surface area contributed by atoms with Gasteiger partial charge in [-0.05, 0) is 12.1 Å². The molecular formula is C13H12N4O3S. The second-order valence-electron chi connectivity index (χ2n) is 3.78. The van der Waals surface area contributed by atoms with Crippen LogP contribution in [-0.4, -0.2) is 28.2 Å². The van der Waals surface area contributed by atoms with E-state index in [1.54, 1.807) is 24.3 Å². The maximum atomic E-state index is 11.8. The number of esters is 1. The van der Waals surface area contributed by atoms with Crippen LogP contribution in [0.4, 0.5) is 15.5 Å². The van der Waals surface area contributed by atoms with E-state index in [2.05, 4.69) is 26.8 Å². The van der Waals surface area contributed by atoms with Gasteiger partial charge in [0.05, 0.1) is 0 Å². The van der Waals surface area contributed by atoms with E-state index in [9.17, 15) is 9.59 Å². The van der Waals surface area contributed by atoms with Gasteiger partial charge in [0.2, 0.25) is 5.69 Å². The number of nitrogens with zero attached hydrogens (tertiary/aromatic N) is 2. The van der Waals surface area contributed by atoms with Crippen molar-refractivity contribution in [1.82, 2.24) is 9.59 Å². The maximum absolute atomic E-state index is 11.8. The third-order valence-electron chi connectivity index (χ3n) is 2.27. The topological polar surface area (TPSA) is 93.2 Å². The Balaban J connectivity index is 2.00. The van der Waals surface area contributed by atoms with E-state index in [-0.39, 0.29) is 17.3 Å². The van der Waals surface area contributed by atoms with Gasteiger partial charge in [0.25, 0.3) is 0 Å². The molecule has 2 rings (SSSR count). The highest BCUT2D eigenvalue weighted by molar-refractivity contribution is 7.10. The van der Waals surface area contributed by atoms with Crippen LogP contribution in [0.1, 0.15) is 10.5 Å². The Kier molecular flexibility index (Phi) is 4.99. The zero-order valence-corrected chi connectivity index (χ0v) is 11.7. The normalized spacial score (nSPS) is 9.71. The summed E-state index contributed by atoms with van der Waals surface area (Å²) in [6.07, 6.45) is 1.44. The van der Waals surface area contributed by atoms with Crippen molar-refractivity contribution in [2.45, 2.75) is 0 Å². The molecule has 0 saturated carbocycles. The van der Waals surface area contributed by atoms with Crippen molar-refractivity contribution < 1.29 is 14.3 Å². The number of amides is 2. The molecule has 0 atom stereocenters. The van der Waals surface area contributed by atoms with Gasteiger partial charge >= 0.3 is 12.0 Å². The molecule has 1 heterocycles. The number of carbonyl (C=O) groups is 2. The summed E-state index contributed by atoms with van der Waals surface area (Å²) >= 11 is 0.891. The number of rotatable bonds is 5.